The highest BCUT2D eigenvalue weighted by molar-refractivity contribution is 7.13. The van der Waals surface area contributed by atoms with Crippen LogP contribution in [0.5, 0.6) is 0 Å². The van der Waals surface area contributed by atoms with Crippen molar-refractivity contribution in [3.63, 3.8) is 0 Å². The molecular formula is C19H21N5OS2. The van der Waals surface area contributed by atoms with Gasteiger partial charge in [0.1, 0.15) is 5.01 Å². The molecule has 0 bridgehead atoms. The standard InChI is InChI=1S/C19H21N5OS2/c1-14-21-16(13-26-14)11-23-6-8-24(9-7-23)18(25)10-15-12-27-19(22-15)17-4-2-3-5-20-17/h2-5,12-13H,6-11H2,1H3. The molecule has 3 aromatic rings. The first-order valence-electron chi connectivity index (χ1n) is 8.94. The van der Waals surface area contributed by atoms with E-state index in [4.69, 9.17) is 0 Å². The van der Waals surface area contributed by atoms with Crippen molar-refractivity contribution in [3.8, 4) is 10.7 Å². The Labute approximate surface area is 166 Å². The molecule has 1 saturated heterocycles. The molecule has 0 aromatic carbocycles. The zero-order chi connectivity index (χ0) is 18.6. The molecule has 8 heteroatoms. The second kappa shape index (κ2) is 8.24. The molecule has 0 saturated carbocycles. The Hall–Kier alpha value is -2.16. The van der Waals surface area contributed by atoms with E-state index in [1.165, 1.54) is 11.3 Å². The predicted molar refractivity (Wildman–Crippen MR) is 108 cm³/mol. The van der Waals surface area contributed by atoms with Crippen LogP contribution in [0, 0.1) is 6.92 Å². The Balaban J connectivity index is 1.29. The van der Waals surface area contributed by atoms with E-state index in [1.807, 2.05) is 35.4 Å². The third-order valence-electron chi connectivity index (χ3n) is 4.55. The average molecular weight is 400 g/mol. The van der Waals surface area contributed by atoms with E-state index in [2.05, 4.69) is 25.2 Å². The van der Waals surface area contributed by atoms with Crippen LogP contribution in [0.3, 0.4) is 0 Å². The second-order valence-electron chi connectivity index (χ2n) is 6.55. The van der Waals surface area contributed by atoms with Crippen LogP contribution in [0.15, 0.2) is 35.2 Å². The van der Waals surface area contributed by atoms with Gasteiger partial charge in [0.05, 0.1) is 28.5 Å². The third kappa shape index (κ3) is 4.58. The van der Waals surface area contributed by atoms with Gasteiger partial charge in [-0.25, -0.2) is 9.97 Å². The smallest absolute Gasteiger partial charge is 0.228 e. The maximum Gasteiger partial charge on any atom is 0.228 e. The van der Waals surface area contributed by atoms with Gasteiger partial charge in [-0.3, -0.25) is 14.7 Å². The second-order valence-corrected chi connectivity index (χ2v) is 8.47. The van der Waals surface area contributed by atoms with Crippen molar-refractivity contribution >= 4 is 28.6 Å². The van der Waals surface area contributed by atoms with Gasteiger partial charge in [-0.1, -0.05) is 6.07 Å². The lowest BCUT2D eigenvalue weighted by Gasteiger charge is -2.34. The molecular weight excluding hydrogens is 378 g/mol. The largest absolute Gasteiger partial charge is 0.340 e. The summed E-state index contributed by atoms with van der Waals surface area (Å²) < 4.78 is 0. The highest BCUT2D eigenvalue weighted by Gasteiger charge is 2.22. The molecule has 0 N–H and O–H groups in total. The highest BCUT2D eigenvalue weighted by atomic mass is 32.1. The van der Waals surface area contributed by atoms with Crippen LogP contribution in [0.1, 0.15) is 16.4 Å². The normalized spacial score (nSPS) is 15.2. The summed E-state index contributed by atoms with van der Waals surface area (Å²) in [7, 11) is 0. The van der Waals surface area contributed by atoms with E-state index >= 15 is 0 Å². The summed E-state index contributed by atoms with van der Waals surface area (Å²) >= 11 is 3.22. The molecule has 0 atom stereocenters. The topological polar surface area (TPSA) is 62.2 Å². The fraction of sp³-hybridized carbons (Fsp3) is 0.368. The van der Waals surface area contributed by atoms with E-state index in [0.29, 0.717) is 6.42 Å². The van der Waals surface area contributed by atoms with E-state index in [-0.39, 0.29) is 5.91 Å². The first-order valence-corrected chi connectivity index (χ1v) is 10.7. The minimum atomic E-state index is 0.150. The molecule has 6 nitrogen and oxygen atoms in total. The minimum absolute atomic E-state index is 0.150. The molecule has 1 aliphatic heterocycles. The molecule has 0 aliphatic carbocycles. The molecule has 1 fully saturated rings. The highest BCUT2D eigenvalue weighted by Crippen LogP contribution is 2.22. The van der Waals surface area contributed by atoms with Crippen molar-refractivity contribution in [3.05, 3.63) is 51.6 Å². The van der Waals surface area contributed by atoms with E-state index in [0.717, 1.165) is 59.8 Å². The van der Waals surface area contributed by atoms with Crippen molar-refractivity contribution < 1.29 is 4.79 Å². The maximum absolute atomic E-state index is 12.6. The lowest BCUT2D eigenvalue weighted by Crippen LogP contribution is -2.48. The van der Waals surface area contributed by atoms with Crippen LogP contribution in [-0.4, -0.2) is 56.8 Å². The lowest BCUT2D eigenvalue weighted by molar-refractivity contribution is -0.132. The first kappa shape index (κ1) is 18.2. The zero-order valence-corrected chi connectivity index (χ0v) is 16.8. The quantitative estimate of drug-likeness (QED) is 0.660. The van der Waals surface area contributed by atoms with Crippen LogP contribution >= 0.6 is 22.7 Å². The Kier molecular flexibility index (Phi) is 5.56. The van der Waals surface area contributed by atoms with Crippen LogP contribution in [-0.2, 0) is 17.8 Å². The van der Waals surface area contributed by atoms with Gasteiger partial charge in [0.15, 0.2) is 0 Å². The Bertz CT molecular complexity index is 900. The zero-order valence-electron chi connectivity index (χ0n) is 15.2. The Morgan fingerprint density at radius 2 is 1.89 bits per heavy atom. The van der Waals surface area contributed by atoms with Crippen LogP contribution in [0.4, 0.5) is 0 Å². The fourth-order valence-corrected chi connectivity index (χ4v) is 4.53. The number of hydrogen-bond acceptors (Lipinski definition) is 7. The summed E-state index contributed by atoms with van der Waals surface area (Å²) in [6, 6.07) is 5.77. The Morgan fingerprint density at radius 1 is 1.07 bits per heavy atom. The lowest BCUT2D eigenvalue weighted by atomic mass is 10.2. The molecule has 0 unspecified atom stereocenters. The number of piperazine rings is 1. The molecule has 1 aliphatic rings. The molecule has 4 heterocycles. The van der Waals surface area contributed by atoms with Gasteiger partial charge < -0.3 is 4.90 Å². The molecule has 1 amide bonds. The number of aromatic nitrogens is 3. The van der Waals surface area contributed by atoms with Crippen molar-refractivity contribution in [2.24, 2.45) is 0 Å². The van der Waals surface area contributed by atoms with Gasteiger partial charge >= 0.3 is 0 Å². The minimum Gasteiger partial charge on any atom is -0.340 e. The molecule has 140 valence electrons. The maximum atomic E-state index is 12.6. The summed E-state index contributed by atoms with van der Waals surface area (Å²) in [5.74, 6) is 0.150. The number of carbonyl (C=O) groups excluding carboxylic acids is 1. The van der Waals surface area contributed by atoms with Crippen molar-refractivity contribution in [1.29, 1.82) is 0 Å². The number of carbonyl (C=O) groups is 1. The fourth-order valence-electron chi connectivity index (χ4n) is 3.13. The number of rotatable bonds is 5. The summed E-state index contributed by atoms with van der Waals surface area (Å²) in [5.41, 5.74) is 2.81. The number of aryl methyl sites for hydroxylation is 1. The van der Waals surface area contributed by atoms with Crippen molar-refractivity contribution in [2.45, 2.75) is 19.9 Å². The number of hydrogen-bond donors (Lipinski definition) is 0. The number of pyridine rings is 1. The summed E-state index contributed by atoms with van der Waals surface area (Å²) in [6.07, 6.45) is 2.11. The number of nitrogens with zero attached hydrogens (tertiary/aromatic N) is 5. The predicted octanol–water partition coefficient (Wildman–Crippen LogP) is 2.86. The monoisotopic (exact) mass is 399 g/mol. The van der Waals surface area contributed by atoms with Crippen LogP contribution in [0.25, 0.3) is 10.7 Å². The number of amides is 1. The van der Waals surface area contributed by atoms with E-state index in [1.54, 1.807) is 17.5 Å². The average Bonchev–Trinajstić information content (AvgIpc) is 3.32. The van der Waals surface area contributed by atoms with Gasteiger partial charge in [-0.15, -0.1) is 22.7 Å². The molecule has 0 spiro atoms. The van der Waals surface area contributed by atoms with Crippen molar-refractivity contribution in [2.75, 3.05) is 26.2 Å². The van der Waals surface area contributed by atoms with E-state index < -0.39 is 0 Å². The molecule has 4 rings (SSSR count). The summed E-state index contributed by atoms with van der Waals surface area (Å²) in [6.45, 7) is 6.20. The van der Waals surface area contributed by atoms with Crippen molar-refractivity contribution in [1.82, 2.24) is 24.8 Å². The van der Waals surface area contributed by atoms with Gasteiger partial charge in [0.2, 0.25) is 5.91 Å². The third-order valence-corrected chi connectivity index (χ3v) is 6.28. The van der Waals surface area contributed by atoms with Crippen LogP contribution < -0.4 is 0 Å². The van der Waals surface area contributed by atoms with Crippen LogP contribution in [0.2, 0.25) is 0 Å². The molecule has 0 radical (unpaired) electrons. The SMILES string of the molecule is Cc1nc(CN2CCN(C(=O)Cc3csc(-c4ccccn4)n3)CC2)cs1. The van der Waals surface area contributed by atoms with Gasteiger partial charge in [0, 0.05) is 49.7 Å². The first-order chi connectivity index (χ1) is 13.2. The summed E-state index contributed by atoms with van der Waals surface area (Å²) in [4.78, 5) is 30.4. The molecule has 27 heavy (non-hydrogen) atoms. The van der Waals surface area contributed by atoms with Gasteiger partial charge in [-0.05, 0) is 19.1 Å². The summed E-state index contributed by atoms with van der Waals surface area (Å²) in [5, 5.41) is 6.05. The van der Waals surface area contributed by atoms with Gasteiger partial charge in [0.25, 0.3) is 0 Å². The Morgan fingerprint density at radius 3 is 2.59 bits per heavy atom. The van der Waals surface area contributed by atoms with Gasteiger partial charge in [-0.2, -0.15) is 0 Å². The number of thiazole rings is 2. The van der Waals surface area contributed by atoms with E-state index in [9.17, 15) is 4.79 Å². The molecule has 3 aromatic heterocycles.